The Balaban J connectivity index is 1.26. The van der Waals surface area contributed by atoms with Gasteiger partial charge in [0.05, 0.1) is 24.9 Å². The number of quaternary nitrogens is 1. The molecule has 1 N–H and O–H groups in total. The van der Waals surface area contributed by atoms with Crippen LogP contribution in [0.15, 0.2) is 100 Å². The van der Waals surface area contributed by atoms with E-state index in [9.17, 15) is 9.50 Å². The molecule has 0 amide bonds. The van der Waals surface area contributed by atoms with Crippen LogP contribution < -0.4 is 0 Å². The van der Waals surface area contributed by atoms with E-state index in [1.54, 1.807) is 12.1 Å². The van der Waals surface area contributed by atoms with Crippen molar-refractivity contribution >= 4 is 11.8 Å². The van der Waals surface area contributed by atoms with Crippen molar-refractivity contribution in [2.45, 2.75) is 35.1 Å². The zero-order valence-electron chi connectivity index (χ0n) is 20.1. The first-order valence-corrected chi connectivity index (χ1v) is 13.5. The van der Waals surface area contributed by atoms with E-state index in [-0.39, 0.29) is 5.82 Å². The Morgan fingerprint density at radius 3 is 2.22 bits per heavy atom. The first-order valence-electron chi connectivity index (χ1n) is 12.6. The Hall–Kier alpha value is -2.93. The van der Waals surface area contributed by atoms with Crippen LogP contribution in [0.5, 0.6) is 0 Å². The van der Waals surface area contributed by atoms with Gasteiger partial charge in [-0.05, 0) is 35.2 Å². The zero-order valence-corrected chi connectivity index (χ0v) is 20.9. The topological polar surface area (TPSA) is 46.3 Å². The normalized spacial score (nSPS) is 23.6. The fraction of sp³-hybridized carbons (Fsp3) is 0.300. The summed E-state index contributed by atoms with van der Waals surface area (Å²) in [6.07, 6.45) is 2.35. The van der Waals surface area contributed by atoms with Crippen molar-refractivity contribution < 1.29 is 18.5 Å². The third-order valence-electron chi connectivity index (χ3n) is 7.93. The molecular weight excluding hydrogens is 471 g/mol. The summed E-state index contributed by atoms with van der Waals surface area (Å²) in [6, 6.07) is 28.2. The van der Waals surface area contributed by atoms with Gasteiger partial charge in [-0.2, -0.15) is 0 Å². The number of aliphatic hydroxyl groups is 1. The van der Waals surface area contributed by atoms with Gasteiger partial charge in [0.2, 0.25) is 0 Å². The van der Waals surface area contributed by atoms with Gasteiger partial charge < -0.3 is 14.1 Å². The molecule has 0 radical (unpaired) electrons. The zero-order chi connectivity index (χ0) is 24.6. The molecule has 0 unspecified atom stereocenters. The molecule has 36 heavy (non-hydrogen) atoms. The lowest BCUT2D eigenvalue weighted by atomic mass is 9.83. The Labute approximate surface area is 215 Å². The van der Waals surface area contributed by atoms with E-state index < -0.39 is 5.60 Å². The van der Waals surface area contributed by atoms with Crippen LogP contribution in [0.25, 0.3) is 0 Å². The maximum absolute atomic E-state index is 13.8. The van der Waals surface area contributed by atoms with Crippen LogP contribution in [0.4, 0.5) is 4.39 Å². The smallest absolute Gasteiger partial charge is 0.191 e. The Morgan fingerprint density at radius 1 is 0.917 bits per heavy atom. The van der Waals surface area contributed by atoms with E-state index in [0.29, 0.717) is 16.9 Å². The lowest BCUT2D eigenvalue weighted by molar-refractivity contribution is -0.954. The molecule has 6 heteroatoms. The predicted octanol–water partition coefficient (Wildman–Crippen LogP) is 6.00. The number of hydrogen-bond acceptors (Lipinski definition) is 4. The summed E-state index contributed by atoms with van der Waals surface area (Å²) < 4.78 is 20.6. The molecule has 4 aromatic rings. The minimum absolute atomic E-state index is 0.177. The van der Waals surface area contributed by atoms with Crippen molar-refractivity contribution in [3.05, 3.63) is 119 Å². The molecule has 0 aliphatic carbocycles. The van der Waals surface area contributed by atoms with E-state index in [4.69, 9.17) is 4.52 Å². The highest BCUT2D eigenvalue weighted by Crippen LogP contribution is 2.44. The second-order valence-corrected chi connectivity index (χ2v) is 11.5. The maximum atomic E-state index is 13.8. The molecule has 2 bridgehead atoms. The molecule has 3 saturated heterocycles. The Kier molecular flexibility index (Phi) is 6.20. The average molecular weight is 502 g/mol. The average Bonchev–Trinajstić information content (AvgIpc) is 3.38. The molecule has 1 atom stereocenters. The number of nitrogens with zero attached hydrogens (tertiary/aromatic N) is 2. The number of piperidine rings is 3. The van der Waals surface area contributed by atoms with Gasteiger partial charge in [0, 0.05) is 23.8 Å². The van der Waals surface area contributed by atoms with Crippen LogP contribution >= 0.6 is 11.8 Å². The van der Waals surface area contributed by atoms with E-state index in [0.717, 1.165) is 52.4 Å². The van der Waals surface area contributed by atoms with Crippen molar-refractivity contribution in [3.63, 3.8) is 0 Å². The van der Waals surface area contributed by atoms with Crippen molar-refractivity contribution in [1.82, 2.24) is 5.16 Å². The number of rotatable bonds is 7. The minimum atomic E-state index is -1.39. The molecule has 4 nitrogen and oxygen atoms in total. The molecule has 4 heterocycles. The van der Waals surface area contributed by atoms with Gasteiger partial charge in [0.25, 0.3) is 0 Å². The van der Waals surface area contributed by atoms with Crippen molar-refractivity contribution in [1.29, 1.82) is 0 Å². The van der Waals surface area contributed by atoms with E-state index in [1.165, 1.54) is 18.9 Å². The SMILES string of the molecule is OC(c1ccccc1)(c1ccccc1)c1cc(C[N+]23CCC(CC2)[C@@H](Sc2cccc(F)c2)C3)on1. The second kappa shape index (κ2) is 9.51. The van der Waals surface area contributed by atoms with Crippen LogP contribution in [0.2, 0.25) is 0 Å². The first kappa shape index (κ1) is 23.5. The first-order chi connectivity index (χ1) is 17.5. The summed E-state index contributed by atoms with van der Waals surface area (Å²) in [5.74, 6) is 1.29. The van der Waals surface area contributed by atoms with Gasteiger partial charge in [0.1, 0.15) is 18.1 Å². The fourth-order valence-electron chi connectivity index (χ4n) is 6.00. The van der Waals surface area contributed by atoms with Crippen LogP contribution in [-0.2, 0) is 12.1 Å². The Morgan fingerprint density at radius 2 is 1.58 bits per heavy atom. The molecule has 3 aliphatic heterocycles. The van der Waals surface area contributed by atoms with Crippen molar-refractivity contribution in [2.75, 3.05) is 19.6 Å². The lowest BCUT2D eigenvalue weighted by Gasteiger charge is -2.52. The van der Waals surface area contributed by atoms with E-state index in [2.05, 4.69) is 5.16 Å². The third kappa shape index (κ3) is 4.38. The summed E-state index contributed by atoms with van der Waals surface area (Å²) in [4.78, 5) is 1.00. The summed E-state index contributed by atoms with van der Waals surface area (Å²) in [6.45, 7) is 4.01. The fourth-order valence-corrected chi connectivity index (χ4v) is 7.54. The summed E-state index contributed by atoms with van der Waals surface area (Å²) in [7, 11) is 0. The van der Waals surface area contributed by atoms with E-state index >= 15 is 0 Å². The van der Waals surface area contributed by atoms with Crippen LogP contribution in [-0.4, -0.2) is 39.6 Å². The third-order valence-corrected chi connectivity index (χ3v) is 9.29. The standard InChI is InChI=1S/C30H30FN2O2S/c31-25-12-7-13-27(18-25)36-28-21-33(16-14-22(28)15-17-33)20-26-19-29(32-35-26)30(34,23-8-3-1-4-9-23)24-10-5-2-6-11-24/h1-13,18-19,22,28,34H,14-17,20-21H2/q+1/t22?,28-,33?/m0/s1. The van der Waals surface area contributed by atoms with Gasteiger partial charge in [-0.1, -0.05) is 71.9 Å². The highest BCUT2D eigenvalue weighted by Gasteiger charge is 2.47. The maximum Gasteiger partial charge on any atom is 0.191 e. The number of hydrogen-bond donors (Lipinski definition) is 1. The molecular formula is C30H30FN2O2S+. The summed E-state index contributed by atoms with van der Waals surface area (Å²) >= 11 is 1.81. The van der Waals surface area contributed by atoms with Crippen LogP contribution in [0, 0.1) is 11.7 Å². The largest absolute Gasteiger partial charge is 0.374 e. The van der Waals surface area contributed by atoms with Gasteiger partial charge in [0.15, 0.2) is 11.4 Å². The van der Waals surface area contributed by atoms with Gasteiger partial charge in [-0.15, -0.1) is 11.8 Å². The number of aromatic nitrogens is 1. The van der Waals surface area contributed by atoms with Gasteiger partial charge >= 0.3 is 0 Å². The van der Waals surface area contributed by atoms with Crippen molar-refractivity contribution in [2.24, 2.45) is 5.92 Å². The van der Waals surface area contributed by atoms with Gasteiger partial charge in [-0.25, -0.2) is 4.39 Å². The van der Waals surface area contributed by atoms with Gasteiger partial charge in [-0.3, -0.25) is 0 Å². The Bertz CT molecular complexity index is 1280. The number of halogens is 1. The minimum Gasteiger partial charge on any atom is -0.374 e. The summed E-state index contributed by atoms with van der Waals surface area (Å²) in [5.41, 5.74) is 0.627. The lowest BCUT2D eigenvalue weighted by Crippen LogP contribution is -2.62. The van der Waals surface area contributed by atoms with Crippen LogP contribution in [0.1, 0.15) is 35.4 Å². The van der Waals surface area contributed by atoms with Crippen molar-refractivity contribution in [3.8, 4) is 0 Å². The molecule has 184 valence electrons. The molecule has 3 aliphatic rings. The monoisotopic (exact) mass is 501 g/mol. The molecule has 1 aromatic heterocycles. The number of fused-ring (bicyclic) bond motifs is 3. The number of benzene rings is 3. The molecule has 7 rings (SSSR count). The summed E-state index contributed by atoms with van der Waals surface area (Å²) in [5, 5.41) is 16.9. The quantitative estimate of drug-likeness (QED) is 0.316. The predicted molar refractivity (Wildman–Crippen MR) is 139 cm³/mol. The highest BCUT2D eigenvalue weighted by atomic mass is 32.2. The second-order valence-electron chi connectivity index (χ2n) is 10.2. The molecule has 0 spiro atoms. The van der Waals surface area contributed by atoms with E-state index in [1.807, 2.05) is 84.6 Å². The van der Waals surface area contributed by atoms with Crippen LogP contribution in [0.3, 0.4) is 0 Å². The molecule has 3 fully saturated rings. The molecule has 3 aromatic carbocycles. The molecule has 0 saturated carbocycles. The number of thioether (sulfide) groups is 1. The highest BCUT2D eigenvalue weighted by molar-refractivity contribution is 8.00.